The molecule has 1 aliphatic rings. The van der Waals surface area contributed by atoms with Crippen LogP contribution in [0.1, 0.15) is 29.7 Å². The van der Waals surface area contributed by atoms with Crippen molar-refractivity contribution in [2.45, 2.75) is 25.9 Å². The van der Waals surface area contributed by atoms with Gasteiger partial charge in [-0.15, -0.1) is 10.2 Å². The average molecular weight is 271 g/mol. The molecule has 0 aliphatic carbocycles. The molecule has 0 radical (unpaired) electrons. The molecule has 0 saturated heterocycles. The first kappa shape index (κ1) is 13.1. The summed E-state index contributed by atoms with van der Waals surface area (Å²) in [5, 5.41) is 11.8. The summed E-state index contributed by atoms with van der Waals surface area (Å²) in [6, 6.07) is 9.07. The number of hydrogen-bond acceptors (Lipinski definition) is 4. The molecular weight excluding hydrogens is 250 g/mol. The van der Waals surface area contributed by atoms with Crippen molar-refractivity contribution >= 4 is 5.69 Å². The standard InChI is InChI=1S/C15H21N5/c1-11-17-18-15(19(11)3)10-20-9-8-13(16-2)12-6-4-5-7-14(12)20/h4-7,13,16H,8-10H2,1-3H3. The highest BCUT2D eigenvalue weighted by Crippen LogP contribution is 2.33. The summed E-state index contributed by atoms with van der Waals surface area (Å²) < 4.78 is 2.06. The van der Waals surface area contributed by atoms with Gasteiger partial charge in [0.15, 0.2) is 5.82 Å². The predicted octanol–water partition coefficient (Wildman–Crippen LogP) is 1.79. The van der Waals surface area contributed by atoms with E-state index in [2.05, 4.69) is 49.2 Å². The summed E-state index contributed by atoms with van der Waals surface area (Å²) in [4.78, 5) is 2.40. The van der Waals surface area contributed by atoms with Gasteiger partial charge in [-0.05, 0) is 32.0 Å². The fourth-order valence-electron chi connectivity index (χ4n) is 2.85. The first-order valence-electron chi connectivity index (χ1n) is 7.06. The highest BCUT2D eigenvalue weighted by molar-refractivity contribution is 5.56. The van der Waals surface area contributed by atoms with E-state index >= 15 is 0 Å². The molecule has 5 heteroatoms. The van der Waals surface area contributed by atoms with Gasteiger partial charge in [0.1, 0.15) is 5.82 Å². The van der Waals surface area contributed by atoms with Gasteiger partial charge in [-0.3, -0.25) is 0 Å². The SMILES string of the molecule is CNC1CCN(Cc2nnc(C)n2C)c2ccccc21. The van der Waals surface area contributed by atoms with E-state index in [-0.39, 0.29) is 0 Å². The maximum atomic E-state index is 4.28. The summed E-state index contributed by atoms with van der Waals surface area (Å²) >= 11 is 0. The van der Waals surface area contributed by atoms with Crippen LogP contribution in [0.5, 0.6) is 0 Å². The zero-order valence-corrected chi connectivity index (χ0v) is 12.3. The molecule has 0 bridgehead atoms. The topological polar surface area (TPSA) is 46.0 Å². The second-order valence-corrected chi connectivity index (χ2v) is 5.33. The van der Waals surface area contributed by atoms with Gasteiger partial charge in [-0.2, -0.15) is 0 Å². The molecule has 20 heavy (non-hydrogen) atoms. The molecule has 3 rings (SSSR count). The van der Waals surface area contributed by atoms with Gasteiger partial charge >= 0.3 is 0 Å². The Morgan fingerprint density at radius 2 is 2.10 bits per heavy atom. The Hall–Kier alpha value is -1.88. The number of hydrogen-bond donors (Lipinski definition) is 1. The molecule has 5 nitrogen and oxygen atoms in total. The van der Waals surface area contributed by atoms with Crippen molar-refractivity contribution < 1.29 is 0 Å². The number of rotatable bonds is 3. The second-order valence-electron chi connectivity index (χ2n) is 5.33. The third-order valence-corrected chi connectivity index (χ3v) is 4.20. The lowest BCUT2D eigenvalue weighted by Crippen LogP contribution is -2.35. The summed E-state index contributed by atoms with van der Waals surface area (Å²) in [5.41, 5.74) is 2.68. The molecule has 1 aromatic heterocycles. The van der Waals surface area contributed by atoms with E-state index in [0.29, 0.717) is 6.04 Å². The van der Waals surface area contributed by atoms with Crippen LogP contribution in [0.4, 0.5) is 5.69 Å². The molecule has 1 unspecified atom stereocenters. The smallest absolute Gasteiger partial charge is 0.152 e. The monoisotopic (exact) mass is 271 g/mol. The molecule has 106 valence electrons. The number of para-hydroxylation sites is 1. The van der Waals surface area contributed by atoms with Crippen LogP contribution in [-0.4, -0.2) is 28.4 Å². The fourth-order valence-corrected chi connectivity index (χ4v) is 2.85. The average Bonchev–Trinajstić information content (AvgIpc) is 2.79. The molecule has 1 aromatic carbocycles. The molecule has 0 spiro atoms. The van der Waals surface area contributed by atoms with Gasteiger partial charge in [-0.1, -0.05) is 18.2 Å². The van der Waals surface area contributed by atoms with E-state index in [1.165, 1.54) is 11.3 Å². The lowest BCUT2D eigenvalue weighted by atomic mass is 9.96. The van der Waals surface area contributed by atoms with Gasteiger partial charge in [0.25, 0.3) is 0 Å². The van der Waals surface area contributed by atoms with Crippen molar-refractivity contribution in [2.24, 2.45) is 7.05 Å². The molecular formula is C15H21N5. The van der Waals surface area contributed by atoms with Gasteiger partial charge in [0.2, 0.25) is 0 Å². The lowest BCUT2D eigenvalue weighted by Gasteiger charge is -2.35. The van der Waals surface area contributed by atoms with Crippen molar-refractivity contribution in [2.75, 3.05) is 18.5 Å². The Morgan fingerprint density at radius 3 is 2.80 bits per heavy atom. The Morgan fingerprint density at radius 1 is 1.30 bits per heavy atom. The molecule has 0 amide bonds. The van der Waals surface area contributed by atoms with Crippen molar-refractivity contribution in [1.29, 1.82) is 0 Å². The number of benzene rings is 1. The molecule has 0 fully saturated rings. The maximum absolute atomic E-state index is 4.28. The Balaban J connectivity index is 1.90. The van der Waals surface area contributed by atoms with Gasteiger partial charge < -0.3 is 14.8 Å². The number of fused-ring (bicyclic) bond motifs is 1. The van der Waals surface area contributed by atoms with Crippen molar-refractivity contribution in [3.63, 3.8) is 0 Å². The summed E-state index contributed by atoms with van der Waals surface area (Å²) in [6.07, 6.45) is 1.12. The Kier molecular flexibility index (Phi) is 3.44. The van der Waals surface area contributed by atoms with E-state index in [9.17, 15) is 0 Å². The zero-order chi connectivity index (χ0) is 14.1. The summed E-state index contributed by atoms with van der Waals surface area (Å²) in [5.74, 6) is 1.97. The van der Waals surface area contributed by atoms with Crippen molar-refractivity contribution in [1.82, 2.24) is 20.1 Å². The molecule has 0 saturated carbocycles. The van der Waals surface area contributed by atoms with Crippen LogP contribution in [0.2, 0.25) is 0 Å². The van der Waals surface area contributed by atoms with Crippen LogP contribution in [0.3, 0.4) is 0 Å². The third kappa shape index (κ3) is 2.18. The van der Waals surface area contributed by atoms with Crippen molar-refractivity contribution in [3.05, 3.63) is 41.5 Å². The lowest BCUT2D eigenvalue weighted by molar-refractivity contribution is 0.511. The van der Waals surface area contributed by atoms with Gasteiger partial charge in [-0.25, -0.2) is 0 Å². The van der Waals surface area contributed by atoms with Crippen LogP contribution in [0.25, 0.3) is 0 Å². The molecule has 2 aromatic rings. The highest BCUT2D eigenvalue weighted by atomic mass is 15.3. The van der Waals surface area contributed by atoms with Crippen molar-refractivity contribution in [3.8, 4) is 0 Å². The molecule has 2 heterocycles. The molecule has 1 aliphatic heterocycles. The van der Waals surface area contributed by atoms with Crippen LogP contribution in [0.15, 0.2) is 24.3 Å². The minimum Gasteiger partial charge on any atom is -0.364 e. The molecule has 1 atom stereocenters. The van der Waals surface area contributed by atoms with E-state index in [0.717, 1.165) is 31.2 Å². The number of aryl methyl sites for hydroxylation is 1. The highest BCUT2D eigenvalue weighted by Gasteiger charge is 2.24. The van der Waals surface area contributed by atoms with Crippen LogP contribution >= 0.6 is 0 Å². The first-order chi connectivity index (χ1) is 9.70. The van der Waals surface area contributed by atoms with E-state index in [1.807, 2.05) is 21.0 Å². The number of anilines is 1. The van der Waals surface area contributed by atoms with E-state index < -0.39 is 0 Å². The molecule has 1 N–H and O–H groups in total. The quantitative estimate of drug-likeness (QED) is 0.924. The number of aromatic nitrogens is 3. The predicted molar refractivity (Wildman–Crippen MR) is 79.6 cm³/mol. The third-order valence-electron chi connectivity index (χ3n) is 4.20. The maximum Gasteiger partial charge on any atom is 0.152 e. The summed E-state index contributed by atoms with van der Waals surface area (Å²) in [7, 11) is 4.06. The minimum atomic E-state index is 0.448. The minimum absolute atomic E-state index is 0.448. The number of nitrogens with zero attached hydrogens (tertiary/aromatic N) is 4. The largest absolute Gasteiger partial charge is 0.364 e. The van der Waals surface area contributed by atoms with E-state index in [4.69, 9.17) is 0 Å². The Labute approximate surface area is 119 Å². The van der Waals surface area contributed by atoms with Crippen LogP contribution in [-0.2, 0) is 13.6 Å². The van der Waals surface area contributed by atoms with E-state index in [1.54, 1.807) is 0 Å². The first-order valence-corrected chi connectivity index (χ1v) is 7.06. The Bertz CT molecular complexity index is 604. The normalized spacial score (nSPS) is 18.1. The second kappa shape index (κ2) is 5.25. The van der Waals surface area contributed by atoms with Gasteiger partial charge in [0, 0.05) is 25.3 Å². The summed E-state index contributed by atoms with van der Waals surface area (Å²) in [6.45, 7) is 3.83. The fraction of sp³-hybridized carbons (Fsp3) is 0.467. The van der Waals surface area contributed by atoms with Crippen LogP contribution < -0.4 is 10.2 Å². The zero-order valence-electron chi connectivity index (χ0n) is 12.3. The van der Waals surface area contributed by atoms with Gasteiger partial charge in [0.05, 0.1) is 6.54 Å². The van der Waals surface area contributed by atoms with Crippen LogP contribution in [0, 0.1) is 6.92 Å². The number of nitrogens with one attached hydrogen (secondary N) is 1.